The van der Waals surface area contributed by atoms with Gasteiger partial charge >= 0.3 is 0 Å². The van der Waals surface area contributed by atoms with Crippen LogP contribution in [0.25, 0.3) is 0 Å². The van der Waals surface area contributed by atoms with Gasteiger partial charge in [0, 0.05) is 0 Å². The third kappa shape index (κ3) is 7.99. The number of aldehydes is 1. The quantitative estimate of drug-likeness (QED) is 0.545. The maximum absolute atomic E-state index is 12.5. The molecule has 0 saturated heterocycles. The molecule has 8 heteroatoms. The van der Waals surface area contributed by atoms with E-state index < -0.39 is 28.0 Å². The SMILES string of the molecule is CS(=O)(=O)NC(COCc1ccccc1)C(=O)N[C@H](C=O)Cc1ccccc1. The Kier molecular flexibility index (Phi) is 8.31. The van der Waals surface area contributed by atoms with E-state index in [1.807, 2.05) is 60.7 Å². The fourth-order valence-electron chi connectivity index (χ4n) is 2.58. The number of rotatable bonds is 11. The van der Waals surface area contributed by atoms with E-state index in [4.69, 9.17) is 4.74 Å². The Balaban J connectivity index is 1.97. The largest absolute Gasteiger partial charge is 0.375 e. The van der Waals surface area contributed by atoms with Crippen LogP contribution < -0.4 is 10.0 Å². The molecule has 0 bridgehead atoms. The van der Waals surface area contributed by atoms with Crippen LogP contribution in [0.15, 0.2) is 60.7 Å². The van der Waals surface area contributed by atoms with Crippen molar-refractivity contribution in [2.24, 2.45) is 0 Å². The molecule has 2 rings (SSSR count). The van der Waals surface area contributed by atoms with Gasteiger partial charge in [-0.05, 0) is 17.5 Å². The summed E-state index contributed by atoms with van der Waals surface area (Å²) in [6.45, 7) is 0.0713. The highest BCUT2D eigenvalue weighted by Crippen LogP contribution is 2.04. The van der Waals surface area contributed by atoms with E-state index in [2.05, 4.69) is 10.0 Å². The average Bonchev–Trinajstić information content (AvgIpc) is 2.67. The van der Waals surface area contributed by atoms with Crippen molar-refractivity contribution < 1.29 is 22.7 Å². The van der Waals surface area contributed by atoms with Gasteiger partial charge < -0.3 is 14.8 Å². The van der Waals surface area contributed by atoms with Crippen LogP contribution >= 0.6 is 0 Å². The molecule has 0 radical (unpaired) electrons. The van der Waals surface area contributed by atoms with Gasteiger partial charge in [-0.2, -0.15) is 0 Å². The highest BCUT2D eigenvalue weighted by molar-refractivity contribution is 7.88. The Morgan fingerprint density at radius 3 is 2.14 bits per heavy atom. The summed E-state index contributed by atoms with van der Waals surface area (Å²) in [4.78, 5) is 23.9. The van der Waals surface area contributed by atoms with Crippen molar-refractivity contribution in [2.75, 3.05) is 12.9 Å². The van der Waals surface area contributed by atoms with Gasteiger partial charge in [-0.25, -0.2) is 13.1 Å². The number of ether oxygens (including phenoxy) is 1. The van der Waals surface area contributed by atoms with Gasteiger partial charge in [0.2, 0.25) is 15.9 Å². The van der Waals surface area contributed by atoms with E-state index in [1.54, 1.807) is 0 Å². The Morgan fingerprint density at radius 2 is 1.61 bits per heavy atom. The van der Waals surface area contributed by atoms with Crippen molar-refractivity contribution in [1.82, 2.24) is 10.0 Å². The minimum Gasteiger partial charge on any atom is -0.375 e. The van der Waals surface area contributed by atoms with Crippen LogP contribution in [0.5, 0.6) is 0 Å². The number of carbonyl (C=O) groups excluding carboxylic acids is 2. The summed E-state index contributed by atoms with van der Waals surface area (Å²) in [6.07, 6.45) is 1.91. The minimum absolute atomic E-state index is 0.162. The fraction of sp³-hybridized carbons (Fsp3) is 0.300. The number of hydrogen-bond acceptors (Lipinski definition) is 5. The molecule has 0 heterocycles. The maximum atomic E-state index is 12.5. The van der Waals surface area contributed by atoms with E-state index in [9.17, 15) is 18.0 Å². The Labute approximate surface area is 165 Å². The molecule has 0 aromatic heterocycles. The Bertz CT molecular complexity index is 857. The van der Waals surface area contributed by atoms with Gasteiger partial charge in [0.1, 0.15) is 12.3 Å². The summed E-state index contributed by atoms with van der Waals surface area (Å²) in [5.74, 6) is -0.619. The van der Waals surface area contributed by atoms with Crippen molar-refractivity contribution in [1.29, 1.82) is 0 Å². The lowest BCUT2D eigenvalue weighted by atomic mass is 10.1. The van der Waals surface area contributed by atoms with Crippen LogP contribution in [0.3, 0.4) is 0 Å². The number of sulfonamides is 1. The molecule has 0 saturated carbocycles. The molecule has 0 aliphatic heterocycles. The topological polar surface area (TPSA) is 102 Å². The normalized spacial score (nSPS) is 13.5. The first kappa shape index (κ1) is 21.7. The molecule has 0 spiro atoms. The summed E-state index contributed by atoms with van der Waals surface area (Å²) in [7, 11) is -3.64. The van der Waals surface area contributed by atoms with Crippen LogP contribution in [-0.4, -0.2) is 45.6 Å². The first-order chi connectivity index (χ1) is 13.4. The number of benzene rings is 2. The van der Waals surface area contributed by atoms with E-state index in [0.717, 1.165) is 17.4 Å². The lowest BCUT2D eigenvalue weighted by Crippen LogP contribution is -2.52. The summed E-state index contributed by atoms with van der Waals surface area (Å²) in [5.41, 5.74) is 1.78. The van der Waals surface area contributed by atoms with Crippen molar-refractivity contribution in [3.63, 3.8) is 0 Å². The van der Waals surface area contributed by atoms with E-state index in [0.29, 0.717) is 12.7 Å². The average molecular weight is 404 g/mol. The zero-order valence-electron chi connectivity index (χ0n) is 15.6. The minimum atomic E-state index is -3.64. The number of nitrogens with one attached hydrogen (secondary N) is 2. The fourth-order valence-corrected chi connectivity index (χ4v) is 3.27. The molecular weight excluding hydrogens is 380 g/mol. The highest BCUT2D eigenvalue weighted by atomic mass is 32.2. The van der Waals surface area contributed by atoms with Gasteiger partial charge in [-0.1, -0.05) is 60.7 Å². The molecule has 7 nitrogen and oxygen atoms in total. The van der Waals surface area contributed by atoms with E-state index >= 15 is 0 Å². The molecule has 2 N–H and O–H groups in total. The summed E-state index contributed by atoms with van der Waals surface area (Å²) >= 11 is 0. The molecule has 150 valence electrons. The zero-order valence-corrected chi connectivity index (χ0v) is 16.4. The molecule has 0 fully saturated rings. The van der Waals surface area contributed by atoms with Crippen molar-refractivity contribution in [3.05, 3.63) is 71.8 Å². The molecular formula is C20H24N2O5S. The monoisotopic (exact) mass is 404 g/mol. The second-order valence-electron chi connectivity index (χ2n) is 6.38. The standard InChI is InChI=1S/C20H24N2O5S/c1-28(25,26)22-19(15-27-14-17-10-6-3-7-11-17)20(24)21-18(13-23)12-16-8-4-2-5-9-16/h2-11,13,18-19,22H,12,14-15H2,1H3,(H,21,24)/t18-,19?/m0/s1. The predicted octanol–water partition coefficient (Wildman–Crippen LogP) is 1.05. The number of hydrogen-bond donors (Lipinski definition) is 2. The Hall–Kier alpha value is -2.55. The van der Waals surface area contributed by atoms with Crippen LogP contribution in [-0.2, 0) is 37.4 Å². The molecule has 0 aliphatic carbocycles. The van der Waals surface area contributed by atoms with Gasteiger partial charge in [-0.3, -0.25) is 4.79 Å². The smallest absolute Gasteiger partial charge is 0.241 e. The summed E-state index contributed by atoms with van der Waals surface area (Å²) < 4.78 is 31.0. The van der Waals surface area contributed by atoms with Crippen LogP contribution in [0.2, 0.25) is 0 Å². The van der Waals surface area contributed by atoms with Gasteiger partial charge in [-0.15, -0.1) is 0 Å². The molecule has 2 atom stereocenters. The first-order valence-electron chi connectivity index (χ1n) is 8.76. The van der Waals surface area contributed by atoms with Gasteiger partial charge in [0.15, 0.2) is 0 Å². The van der Waals surface area contributed by atoms with Crippen molar-refractivity contribution >= 4 is 22.2 Å². The molecule has 2 aromatic rings. The maximum Gasteiger partial charge on any atom is 0.241 e. The van der Waals surface area contributed by atoms with Crippen molar-refractivity contribution in [3.8, 4) is 0 Å². The molecule has 0 aliphatic rings. The van der Waals surface area contributed by atoms with Crippen LogP contribution in [0.1, 0.15) is 11.1 Å². The van der Waals surface area contributed by atoms with E-state index in [1.165, 1.54) is 0 Å². The van der Waals surface area contributed by atoms with E-state index in [-0.39, 0.29) is 13.2 Å². The molecule has 2 aromatic carbocycles. The lowest BCUT2D eigenvalue weighted by molar-refractivity contribution is -0.126. The first-order valence-corrected chi connectivity index (χ1v) is 10.6. The predicted molar refractivity (Wildman–Crippen MR) is 106 cm³/mol. The number of carbonyl (C=O) groups is 2. The summed E-state index contributed by atoms with van der Waals surface area (Å²) in [5, 5.41) is 2.57. The second-order valence-corrected chi connectivity index (χ2v) is 8.16. The second kappa shape index (κ2) is 10.7. The third-order valence-electron chi connectivity index (χ3n) is 3.86. The molecule has 1 unspecified atom stereocenters. The van der Waals surface area contributed by atoms with Crippen LogP contribution in [0.4, 0.5) is 0 Å². The molecule has 28 heavy (non-hydrogen) atoms. The zero-order chi connectivity index (χ0) is 20.4. The van der Waals surface area contributed by atoms with Crippen LogP contribution in [0, 0.1) is 0 Å². The van der Waals surface area contributed by atoms with Crippen molar-refractivity contribution in [2.45, 2.75) is 25.1 Å². The molecule has 1 amide bonds. The van der Waals surface area contributed by atoms with Gasteiger partial charge in [0.05, 0.1) is 25.5 Å². The Morgan fingerprint density at radius 1 is 1.04 bits per heavy atom. The lowest BCUT2D eigenvalue weighted by Gasteiger charge is -2.20. The highest BCUT2D eigenvalue weighted by Gasteiger charge is 2.24. The third-order valence-corrected chi connectivity index (χ3v) is 4.57. The van der Waals surface area contributed by atoms with Gasteiger partial charge in [0.25, 0.3) is 0 Å². The summed E-state index contributed by atoms with van der Waals surface area (Å²) in [6, 6.07) is 16.6. The number of amides is 1.